The molecule has 1 heterocycles. The van der Waals surface area contributed by atoms with Crippen molar-refractivity contribution in [2.24, 2.45) is 0 Å². The maximum atomic E-state index is 11.5. The zero-order valence-electron chi connectivity index (χ0n) is 11.6. The second kappa shape index (κ2) is 5.78. The number of sulfone groups is 1. The van der Waals surface area contributed by atoms with E-state index >= 15 is 0 Å². The van der Waals surface area contributed by atoms with E-state index < -0.39 is 15.4 Å². The molecule has 0 radical (unpaired) electrons. The number of nitriles is 1. The largest absolute Gasteiger partial charge is 0.302 e. The van der Waals surface area contributed by atoms with Gasteiger partial charge in [-0.25, -0.2) is 8.42 Å². The third-order valence-electron chi connectivity index (χ3n) is 3.92. The van der Waals surface area contributed by atoms with Crippen LogP contribution in [0.1, 0.15) is 32.6 Å². The summed E-state index contributed by atoms with van der Waals surface area (Å²) in [4.78, 5) is 2.18. The van der Waals surface area contributed by atoms with Crippen LogP contribution in [0.3, 0.4) is 0 Å². The van der Waals surface area contributed by atoms with Gasteiger partial charge in [-0.15, -0.1) is 0 Å². The molecule has 6 heteroatoms. The third kappa shape index (κ3) is 4.75. The Kier molecular flexibility index (Phi) is 4.49. The van der Waals surface area contributed by atoms with Gasteiger partial charge in [-0.3, -0.25) is 5.32 Å². The van der Waals surface area contributed by atoms with Crippen LogP contribution in [0, 0.1) is 11.3 Å². The molecule has 0 amide bonds. The molecule has 1 aliphatic carbocycles. The van der Waals surface area contributed by atoms with Crippen LogP contribution in [-0.2, 0) is 9.84 Å². The summed E-state index contributed by atoms with van der Waals surface area (Å²) in [5, 5.41) is 12.7. The Balaban J connectivity index is 1.82. The molecule has 19 heavy (non-hydrogen) atoms. The minimum Gasteiger partial charge on any atom is -0.302 e. The number of nitrogens with zero attached hydrogens (tertiary/aromatic N) is 2. The molecule has 1 saturated heterocycles. The lowest BCUT2D eigenvalue weighted by Crippen LogP contribution is -2.45. The second-order valence-corrected chi connectivity index (χ2v) is 8.26. The van der Waals surface area contributed by atoms with Crippen LogP contribution in [0.15, 0.2) is 0 Å². The third-order valence-corrected chi connectivity index (χ3v) is 5.64. The molecule has 2 aliphatic rings. The Hall–Kier alpha value is -0.640. The first kappa shape index (κ1) is 14.8. The van der Waals surface area contributed by atoms with Gasteiger partial charge < -0.3 is 4.90 Å². The van der Waals surface area contributed by atoms with Gasteiger partial charge in [-0.05, 0) is 39.2 Å². The molecule has 1 atom stereocenters. The lowest BCUT2D eigenvalue weighted by atomic mass is 9.99. The Morgan fingerprint density at radius 3 is 2.74 bits per heavy atom. The molecular weight excluding hydrogens is 262 g/mol. The fourth-order valence-corrected chi connectivity index (χ4v) is 3.74. The van der Waals surface area contributed by atoms with E-state index in [-0.39, 0.29) is 5.75 Å². The first-order chi connectivity index (χ1) is 8.92. The van der Waals surface area contributed by atoms with Crippen LogP contribution in [0.2, 0.25) is 0 Å². The molecule has 1 N–H and O–H groups in total. The average Bonchev–Trinajstić information content (AvgIpc) is 3.16. The van der Waals surface area contributed by atoms with Crippen LogP contribution >= 0.6 is 0 Å². The lowest BCUT2D eigenvalue weighted by Gasteiger charge is -2.27. The molecular formula is C13H23N3O2S. The van der Waals surface area contributed by atoms with Crippen LogP contribution in [-0.4, -0.2) is 56.0 Å². The molecule has 0 aromatic rings. The summed E-state index contributed by atoms with van der Waals surface area (Å²) in [6.45, 7) is 4.16. The van der Waals surface area contributed by atoms with E-state index in [4.69, 9.17) is 0 Å². The highest BCUT2D eigenvalue weighted by atomic mass is 32.2. The predicted octanol–water partition coefficient (Wildman–Crippen LogP) is 0.531. The minimum atomic E-state index is -2.84. The van der Waals surface area contributed by atoms with E-state index in [0.717, 1.165) is 19.5 Å². The molecule has 1 saturated carbocycles. The molecule has 0 bridgehead atoms. The van der Waals surface area contributed by atoms with E-state index in [1.807, 2.05) is 6.92 Å². The summed E-state index contributed by atoms with van der Waals surface area (Å²) in [5.74, 6) is 0.561. The first-order valence-electron chi connectivity index (χ1n) is 7.04. The summed E-state index contributed by atoms with van der Waals surface area (Å²) < 4.78 is 23.1. The molecule has 1 aliphatic heterocycles. The van der Waals surface area contributed by atoms with Crippen molar-refractivity contribution in [3.8, 4) is 6.07 Å². The number of rotatable bonds is 5. The van der Waals surface area contributed by atoms with Crippen LogP contribution in [0.25, 0.3) is 0 Å². The highest BCUT2D eigenvalue weighted by Gasteiger charge is 2.32. The average molecular weight is 285 g/mol. The maximum Gasteiger partial charge on any atom is 0.151 e. The highest BCUT2D eigenvalue weighted by molar-refractivity contribution is 7.91. The van der Waals surface area contributed by atoms with Gasteiger partial charge in [0.15, 0.2) is 9.84 Å². The second-order valence-electron chi connectivity index (χ2n) is 5.96. The van der Waals surface area contributed by atoms with Crippen molar-refractivity contribution < 1.29 is 8.42 Å². The van der Waals surface area contributed by atoms with E-state index in [1.165, 1.54) is 12.8 Å². The van der Waals surface area contributed by atoms with E-state index in [1.54, 1.807) is 0 Å². The zero-order valence-corrected chi connectivity index (χ0v) is 12.4. The summed E-state index contributed by atoms with van der Waals surface area (Å²) in [6.07, 6.45) is 3.79. The van der Waals surface area contributed by atoms with Gasteiger partial charge in [0.1, 0.15) is 5.54 Å². The summed E-state index contributed by atoms with van der Waals surface area (Å²) in [5.41, 5.74) is -0.480. The summed E-state index contributed by atoms with van der Waals surface area (Å²) in [6, 6.07) is 2.87. The SMILES string of the molecule is CC(C#N)(CCN1CCCS(=O)(=O)CC1)NC1CC1. The standard InChI is InChI=1S/C13H23N3O2S/c1-13(11-14,15-12-3-4-12)5-7-16-6-2-9-19(17,18)10-8-16/h12,15H,2-10H2,1H3. The van der Waals surface area contributed by atoms with Gasteiger partial charge in [0.25, 0.3) is 0 Å². The molecule has 0 aromatic carbocycles. The highest BCUT2D eigenvalue weighted by Crippen LogP contribution is 2.24. The monoisotopic (exact) mass is 285 g/mol. The van der Waals surface area contributed by atoms with Gasteiger partial charge in [0, 0.05) is 19.1 Å². The van der Waals surface area contributed by atoms with Gasteiger partial charge in [-0.2, -0.15) is 5.26 Å². The molecule has 1 unspecified atom stereocenters. The van der Waals surface area contributed by atoms with Gasteiger partial charge in [-0.1, -0.05) is 0 Å². The van der Waals surface area contributed by atoms with Crippen molar-refractivity contribution in [1.82, 2.24) is 10.2 Å². The minimum absolute atomic E-state index is 0.256. The number of nitrogens with one attached hydrogen (secondary N) is 1. The maximum absolute atomic E-state index is 11.5. The molecule has 2 fully saturated rings. The van der Waals surface area contributed by atoms with E-state index in [2.05, 4.69) is 16.3 Å². The normalized spacial score (nSPS) is 27.2. The Morgan fingerprint density at radius 2 is 2.11 bits per heavy atom. The molecule has 0 aromatic heterocycles. The molecule has 108 valence electrons. The smallest absolute Gasteiger partial charge is 0.151 e. The summed E-state index contributed by atoms with van der Waals surface area (Å²) >= 11 is 0. The van der Waals surface area contributed by atoms with Crippen LogP contribution in [0.4, 0.5) is 0 Å². The van der Waals surface area contributed by atoms with Gasteiger partial charge in [0.05, 0.1) is 17.6 Å². The topological polar surface area (TPSA) is 73.2 Å². The fraction of sp³-hybridized carbons (Fsp3) is 0.923. The Bertz CT molecular complexity index is 453. The van der Waals surface area contributed by atoms with Crippen LogP contribution in [0.5, 0.6) is 0 Å². The van der Waals surface area contributed by atoms with Crippen molar-refractivity contribution >= 4 is 9.84 Å². The van der Waals surface area contributed by atoms with Gasteiger partial charge in [0.2, 0.25) is 0 Å². The lowest BCUT2D eigenvalue weighted by molar-refractivity contribution is 0.259. The van der Waals surface area contributed by atoms with Crippen molar-refractivity contribution in [1.29, 1.82) is 5.26 Å². The molecule has 0 spiro atoms. The van der Waals surface area contributed by atoms with E-state index in [0.29, 0.717) is 24.8 Å². The first-order valence-corrected chi connectivity index (χ1v) is 8.86. The van der Waals surface area contributed by atoms with Crippen LogP contribution < -0.4 is 5.32 Å². The number of hydrogen-bond acceptors (Lipinski definition) is 5. The zero-order chi connectivity index (χ0) is 13.9. The van der Waals surface area contributed by atoms with Crippen molar-refractivity contribution in [2.45, 2.75) is 44.2 Å². The van der Waals surface area contributed by atoms with E-state index in [9.17, 15) is 13.7 Å². The Labute approximate surface area is 115 Å². The molecule has 2 rings (SSSR count). The van der Waals surface area contributed by atoms with Crippen molar-refractivity contribution in [3.63, 3.8) is 0 Å². The van der Waals surface area contributed by atoms with Crippen molar-refractivity contribution in [3.05, 3.63) is 0 Å². The quantitative estimate of drug-likeness (QED) is 0.798. The predicted molar refractivity (Wildman–Crippen MR) is 74.5 cm³/mol. The van der Waals surface area contributed by atoms with Gasteiger partial charge >= 0.3 is 0 Å². The molecule has 5 nitrogen and oxygen atoms in total. The summed E-state index contributed by atoms with van der Waals surface area (Å²) in [7, 11) is -2.84. The van der Waals surface area contributed by atoms with Crippen molar-refractivity contribution in [2.75, 3.05) is 31.1 Å². The fourth-order valence-electron chi connectivity index (χ4n) is 2.43. The number of hydrogen-bond donors (Lipinski definition) is 1. The Morgan fingerprint density at radius 1 is 1.37 bits per heavy atom.